The Kier molecular flexibility index (Phi) is 5.50. The van der Waals surface area contributed by atoms with Gasteiger partial charge in [0.25, 0.3) is 0 Å². The second kappa shape index (κ2) is 7.00. The fourth-order valence-corrected chi connectivity index (χ4v) is 3.46. The summed E-state index contributed by atoms with van der Waals surface area (Å²) in [6.45, 7) is 0.234. The van der Waals surface area contributed by atoms with Gasteiger partial charge in [-0.05, 0) is 35.9 Å². The number of hydrogen-bond acceptors (Lipinski definition) is 3. The smallest absolute Gasteiger partial charge is 0.242 e. The lowest BCUT2D eigenvalue weighted by Crippen LogP contribution is -2.22. The van der Waals surface area contributed by atoms with Crippen LogP contribution < -0.4 is 4.74 Å². The van der Waals surface area contributed by atoms with E-state index in [1.165, 1.54) is 18.4 Å². The van der Waals surface area contributed by atoms with Crippen molar-refractivity contribution in [3.05, 3.63) is 57.5 Å². The van der Waals surface area contributed by atoms with Gasteiger partial charge in [-0.25, -0.2) is 12.7 Å². The molecule has 0 aliphatic rings. The van der Waals surface area contributed by atoms with Crippen molar-refractivity contribution in [2.24, 2.45) is 0 Å². The van der Waals surface area contributed by atoms with Crippen LogP contribution in [0, 0.1) is 0 Å². The first-order valence-electron chi connectivity index (χ1n) is 6.40. The molecule has 2 aromatic carbocycles. The molecule has 118 valence electrons. The van der Waals surface area contributed by atoms with Crippen LogP contribution in [0.1, 0.15) is 5.56 Å². The van der Waals surface area contributed by atoms with Gasteiger partial charge >= 0.3 is 0 Å². The highest BCUT2D eigenvalue weighted by atomic mass is 79.9. The van der Waals surface area contributed by atoms with Gasteiger partial charge in [0.15, 0.2) is 0 Å². The lowest BCUT2D eigenvalue weighted by Gasteiger charge is -2.13. The highest BCUT2D eigenvalue weighted by Crippen LogP contribution is 2.28. The molecule has 0 aromatic heterocycles. The van der Waals surface area contributed by atoms with E-state index >= 15 is 0 Å². The summed E-state index contributed by atoms with van der Waals surface area (Å²) >= 11 is 9.41. The van der Waals surface area contributed by atoms with Gasteiger partial charge in [-0.15, -0.1) is 0 Å². The quantitative estimate of drug-likeness (QED) is 0.758. The zero-order valence-corrected chi connectivity index (χ0v) is 15.2. The van der Waals surface area contributed by atoms with E-state index in [1.54, 1.807) is 36.4 Å². The van der Waals surface area contributed by atoms with E-state index in [0.29, 0.717) is 10.8 Å². The van der Waals surface area contributed by atoms with Crippen molar-refractivity contribution in [1.29, 1.82) is 0 Å². The summed E-state index contributed by atoms with van der Waals surface area (Å²) in [4.78, 5) is 0.237. The first kappa shape index (κ1) is 17.3. The molecule has 0 fully saturated rings. The van der Waals surface area contributed by atoms with Crippen molar-refractivity contribution in [2.75, 3.05) is 14.1 Å². The zero-order valence-electron chi connectivity index (χ0n) is 12.1. The Morgan fingerprint density at radius 1 is 1.18 bits per heavy atom. The molecule has 0 atom stereocenters. The van der Waals surface area contributed by atoms with Crippen LogP contribution in [0.15, 0.2) is 51.8 Å². The number of sulfonamides is 1. The third kappa shape index (κ3) is 4.01. The maximum Gasteiger partial charge on any atom is 0.242 e. The van der Waals surface area contributed by atoms with Gasteiger partial charge in [0.05, 0.1) is 9.92 Å². The van der Waals surface area contributed by atoms with Crippen molar-refractivity contribution < 1.29 is 13.2 Å². The molecule has 0 aliphatic heterocycles. The standard InChI is InChI=1S/C15H15BrClNO3S/c1-18(2)22(19,20)13-5-3-4-11(8-13)10-21-15-7-6-12(16)9-14(15)17/h3-9H,10H2,1-2H3. The molecule has 0 unspecified atom stereocenters. The lowest BCUT2D eigenvalue weighted by atomic mass is 10.2. The van der Waals surface area contributed by atoms with Gasteiger partial charge in [0.2, 0.25) is 10.0 Å². The zero-order chi connectivity index (χ0) is 16.3. The Morgan fingerprint density at radius 3 is 2.55 bits per heavy atom. The summed E-state index contributed by atoms with van der Waals surface area (Å²) in [6.07, 6.45) is 0. The van der Waals surface area contributed by atoms with Crippen molar-refractivity contribution >= 4 is 37.6 Å². The van der Waals surface area contributed by atoms with Crippen LogP contribution in [-0.2, 0) is 16.6 Å². The average molecular weight is 405 g/mol. The maximum absolute atomic E-state index is 12.1. The van der Waals surface area contributed by atoms with E-state index < -0.39 is 10.0 Å². The second-order valence-electron chi connectivity index (χ2n) is 4.80. The Labute approximate surface area is 143 Å². The summed E-state index contributed by atoms with van der Waals surface area (Å²) in [7, 11) is -0.450. The van der Waals surface area contributed by atoms with Crippen molar-refractivity contribution in [2.45, 2.75) is 11.5 Å². The fourth-order valence-electron chi connectivity index (χ4n) is 1.76. The fraction of sp³-hybridized carbons (Fsp3) is 0.200. The monoisotopic (exact) mass is 403 g/mol. The average Bonchev–Trinajstić information content (AvgIpc) is 2.46. The molecule has 0 radical (unpaired) electrons. The Morgan fingerprint density at radius 2 is 1.91 bits per heavy atom. The van der Waals surface area contributed by atoms with Gasteiger partial charge in [-0.3, -0.25) is 0 Å². The molecule has 0 amide bonds. The summed E-state index contributed by atoms with van der Waals surface area (Å²) in [5.74, 6) is 0.547. The number of benzene rings is 2. The van der Waals surface area contributed by atoms with Crippen LogP contribution in [0.3, 0.4) is 0 Å². The molecule has 0 N–H and O–H groups in total. The van der Waals surface area contributed by atoms with Gasteiger partial charge in [0.1, 0.15) is 12.4 Å². The van der Waals surface area contributed by atoms with Crippen molar-refractivity contribution in [3.63, 3.8) is 0 Å². The molecule has 0 saturated carbocycles. The van der Waals surface area contributed by atoms with E-state index in [9.17, 15) is 8.42 Å². The number of hydrogen-bond donors (Lipinski definition) is 0. The predicted molar refractivity (Wildman–Crippen MR) is 90.8 cm³/mol. The maximum atomic E-state index is 12.1. The minimum atomic E-state index is -3.45. The predicted octanol–water partition coefficient (Wildman–Crippen LogP) is 3.93. The van der Waals surface area contributed by atoms with E-state index in [-0.39, 0.29) is 11.5 Å². The molecule has 2 rings (SSSR count). The molecule has 2 aromatic rings. The van der Waals surface area contributed by atoms with Gasteiger partial charge in [-0.2, -0.15) is 0 Å². The van der Waals surface area contributed by atoms with Crippen LogP contribution in [0.2, 0.25) is 5.02 Å². The highest BCUT2D eigenvalue weighted by Gasteiger charge is 2.17. The van der Waals surface area contributed by atoms with Crippen molar-refractivity contribution in [1.82, 2.24) is 4.31 Å². The first-order chi connectivity index (χ1) is 10.3. The number of nitrogens with zero attached hydrogens (tertiary/aromatic N) is 1. The third-order valence-electron chi connectivity index (χ3n) is 2.97. The molecule has 0 saturated heterocycles. The molecule has 4 nitrogen and oxygen atoms in total. The van der Waals surface area contributed by atoms with Crippen LogP contribution in [0.5, 0.6) is 5.75 Å². The molecule has 0 bridgehead atoms. The first-order valence-corrected chi connectivity index (χ1v) is 9.01. The molecule has 0 spiro atoms. The van der Waals surface area contributed by atoms with Crippen LogP contribution in [-0.4, -0.2) is 26.8 Å². The summed E-state index contributed by atoms with van der Waals surface area (Å²) in [6, 6.07) is 12.0. The third-order valence-corrected chi connectivity index (χ3v) is 5.56. The minimum absolute atomic E-state index is 0.234. The molecule has 7 heteroatoms. The minimum Gasteiger partial charge on any atom is -0.487 e. The number of ether oxygens (including phenoxy) is 1. The van der Waals surface area contributed by atoms with E-state index in [1.807, 2.05) is 6.07 Å². The summed E-state index contributed by atoms with van der Waals surface area (Å²) in [5, 5.41) is 0.492. The molecular weight excluding hydrogens is 390 g/mol. The van der Waals surface area contributed by atoms with Crippen LogP contribution in [0.4, 0.5) is 0 Å². The largest absolute Gasteiger partial charge is 0.487 e. The molecule has 0 aliphatic carbocycles. The Bertz CT molecular complexity index is 778. The van der Waals surface area contributed by atoms with Crippen LogP contribution >= 0.6 is 27.5 Å². The number of halogens is 2. The molecule has 22 heavy (non-hydrogen) atoms. The summed E-state index contributed by atoms with van der Waals surface area (Å²) < 4.78 is 31.9. The highest BCUT2D eigenvalue weighted by molar-refractivity contribution is 9.10. The van der Waals surface area contributed by atoms with E-state index in [4.69, 9.17) is 16.3 Å². The van der Waals surface area contributed by atoms with Crippen molar-refractivity contribution in [3.8, 4) is 5.75 Å². The topological polar surface area (TPSA) is 46.6 Å². The van der Waals surface area contributed by atoms with E-state index in [2.05, 4.69) is 15.9 Å². The normalized spacial score (nSPS) is 11.7. The van der Waals surface area contributed by atoms with Gasteiger partial charge < -0.3 is 4.74 Å². The Hall–Kier alpha value is -1.08. The SMILES string of the molecule is CN(C)S(=O)(=O)c1cccc(COc2ccc(Br)cc2Cl)c1. The second-order valence-corrected chi connectivity index (χ2v) is 8.27. The Balaban J connectivity index is 2.18. The van der Waals surface area contributed by atoms with Crippen LogP contribution in [0.25, 0.3) is 0 Å². The van der Waals surface area contributed by atoms with E-state index in [0.717, 1.165) is 10.0 Å². The summed E-state index contributed by atoms with van der Waals surface area (Å²) in [5.41, 5.74) is 0.752. The van der Waals surface area contributed by atoms with Gasteiger partial charge in [-0.1, -0.05) is 39.7 Å². The number of rotatable bonds is 5. The molecule has 0 heterocycles. The molecular formula is C15H15BrClNO3S. The van der Waals surface area contributed by atoms with Gasteiger partial charge in [0, 0.05) is 18.6 Å². The lowest BCUT2D eigenvalue weighted by molar-refractivity contribution is 0.306.